The first kappa shape index (κ1) is 46.2. The molecular formula is C79H51N3. The predicted molar refractivity (Wildman–Crippen MR) is 342 cm³/mol. The summed E-state index contributed by atoms with van der Waals surface area (Å²) < 4.78 is 4.84. The fourth-order valence-electron chi connectivity index (χ4n) is 14.1. The zero-order chi connectivity index (χ0) is 53.9. The van der Waals surface area contributed by atoms with E-state index in [-0.39, 0.29) is 0 Å². The van der Waals surface area contributed by atoms with Gasteiger partial charge in [0.1, 0.15) is 0 Å². The van der Waals surface area contributed by atoms with Crippen LogP contribution in [-0.2, 0) is 5.41 Å². The van der Waals surface area contributed by atoms with E-state index in [1.165, 1.54) is 133 Å². The molecular weight excluding hydrogens is 991 g/mol. The van der Waals surface area contributed by atoms with E-state index in [9.17, 15) is 0 Å². The molecule has 0 saturated carbocycles. The minimum atomic E-state index is -0.659. The van der Waals surface area contributed by atoms with Crippen LogP contribution >= 0.6 is 0 Å². The molecule has 2 aromatic heterocycles. The molecule has 17 rings (SSSR count). The molecule has 0 unspecified atom stereocenters. The van der Waals surface area contributed by atoms with Gasteiger partial charge >= 0.3 is 0 Å². The first-order chi connectivity index (χ1) is 40.7. The third kappa shape index (κ3) is 6.84. The largest absolute Gasteiger partial charge is 0.310 e. The Balaban J connectivity index is 0.844. The van der Waals surface area contributed by atoms with E-state index >= 15 is 0 Å². The monoisotopic (exact) mass is 1040 g/mol. The minimum Gasteiger partial charge on any atom is -0.310 e. The van der Waals surface area contributed by atoms with Crippen LogP contribution < -0.4 is 4.90 Å². The number of para-hydroxylation sites is 5. The van der Waals surface area contributed by atoms with Crippen molar-refractivity contribution in [3.63, 3.8) is 0 Å². The molecule has 0 radical (unpaired) electrons. The van der Waals surface area contributed by atoms with Crippen molar-refractivity contribution in [1.29, 1.82) is 0 Å². The summed E-state index contributed by atoms with van der Waals surface area (Å²) in [5, 5.41) is 4.94. The Morgan fingerprint density at radius 3 is 1.01 bits per heavy atom. The van der Waals surface area contributed by atoms with Crippen molar-refractivity contribution < 1.29 is 0 Å². The van der Waals surface area contributed by atoms with Gasteiger partial charge in [-0.25, -0.2) is 0 Å². The highest BCUT2D eigenvalue weighted by atomic mass is 15.2. The van der Waals surface area contributed by atoms with Gasteiger partial charge in [0.05, 0.1) is 38.9 Å². The second-order valence-electron chi connectivity index (χ2n) is 22.0. The van der Waals surface area contributed by atoms with Crippen LogP contribution in [0.5, 0.6) is 0 Å². The van der Waals surface area contributed by atoms with Crippen LogP contribution in [0.15, 0.2) is 309 Å². The van der Waals surface area contributed by atoms with Gasteiger partial charge in [-0.2, -0.15) is 0 Å². The fourth-order valence-corrected chi connectivity index (χ4v) is 14.1. The van der Waals surface area contributed by atoms with Crippen molar-refractivity contribution in [3.05, 3.63) is 332 Å². The molecule has 1 aliphatic carbocycles. The van der Waals surface area contributed by atoms with Crippen molar-refractivity contribution in [3.8, 4) is 67.0 Å². The maximum Gasteiger partial charge on any atom is 0.0754 e. The lowest BCUT2D eigenvalue weighted by atomic mass is 9.64. The van der Waals surface area contributed by atoms with Gasteiger partial charge in [0.25, 0.3) is 0 Å². The van der Waals surface area contributed by atoms with E-state index in [0.29, 0.717) is 0 Å². The van der Waals surface area contributed by atoms with Crippen LogP contribution in [0.4, 0.5) is 17.1 Å². The topological polar surface area (TPSA) is 13.1 Å². The number of hydrogen-bond donors (Lipinski definition) is 0. The number of hydrogen-bond acceptors (Lipinski definition) is 1. The van der Waals surface area contributed by atoms with Gasteiger partial charge in [0.15, 0.2) is 0 Å². The van der Waals surface area contributed by atoms with Crippen LogP contribution in [0.3, 0.4) is 0 Å². The minimum absolute atomic E-state index is 0.659. The molecule has 82 heavy (non-hydrogen) atoms. The Morgan fingerprint density at radius 1 is 0.207 bits per heavy atom. The third-order valence-corrected chi connectivity index (χ3v) is 17.7. The lowest BCUT2D eigenvalue weighted by molar-refractivity contribution is 0.753. The van der Waals surface area contributed by atoms with Gasteiger partial charge in [-0.05, 0) is 175 Å². The van der Waals surface area contributed by atoms with Crippen molar-refractivity contribution in [2.75, 3.05) is 4.90 Å². The maximum atomic E-state index is 2.52. The van der Waals surface area contributed by atoms with Gasteiger partial charge in [0.2, 0.25) is 0 Å². The smallest absolute Gasteiger partial charge is 0.0754 e. The Kier molecular flexibility index (Phi) is 10.2. The SMILES string of the molecule is c1ccc(-c2ccc(-n3c4ccccc4c4cc(-c5ccc6c(c5)C5(c7cc(-c8ccc9c(c8)c8ccccc8n9-c8ccc(-c9ccccc9)cc8)ccc7-6)c6ccccc6N(c6ccccc6)c6ccccc65)ccc43)cc2)cc1. The second-order valence-corrected chi connectivity index (χ2v) is 22.0. The Hall–Kier alpha value is -10.7. The summed E-state index contributed by atoms with van der Waals surface area (Å²) in [7, 11) is 0. The van der Waals surface area contributed by atoms with Crippen LogP contribution in [0.1, 0.15) is 22.3 Å². The normalized spacial score (nSPS) is 13.0. The predicted octanol–water partition coefficient (Wildman–Crippen LogP) is 20.7. The highest BCUT2D eigenvalue weighted by Crippen LogP contribution is 2.64. The van der Waals surface area contributed by atoms with E-state index < -0.39 is 5.41 Å². The second kappa shape index (κ2) is 18.2. The number of rotatable bonds is 7. The quantitative estimate of drug-likeness (QED) is 0.155. The molecule has 382 valence electrons. The molecule has 0 atom stereocenters. The average Bonchev–Trinajstić information content (AvgIpc) is 4.20. The average molecular weight is 1040 g/mol. The van der Waals surface area contributed by atoms with Gasteiger partial charge in [-0.3, -0.25) is 0 Å². The van der Waals surface area contributed by atoms with E-state index in [0.717, 1.165) is 17.1 Å². The molecule has 0 amide bonds. The molecule has 0 N–H and O–H groups in total. The van der Waals surface area contributed by atoms with Crippen LogP contribution in [0.2, 0.25) is 0 Å². The van der Waals surface area contributed by atoms with Gasteiger partial charge in [-0.1, -0.05) is 212 Å². The first-order valence-electron chi connectivity index (χ1n) is 28.4. The maximum absolute atomic E-state index is 2.52. The molecule has 0 bridgehead atoms. The molecule has 15 aromatic rings. The van der Waals surface area contributed by atoms with E-state index in [1.807, 2.05) is 0 Å². The van der Waals surface area contributed by atoms with Gasteiger partial charge < -0.3 is 14.0 Å². The zero-order valence-corrected chi connectivity index (χ0v) is 44.8. The Morgan fingerprint density at radius 2 is 0.549 bits per heavy atom. The van der Waals surface area contributed by atoms with Gasteiger partial charge in [-0.15, -0.1) is 0 Å². The van der Waals surface area contributed by atoms with Crippen molar-refractivity contribution in [2.45, 2.75) is 5.41 Å². The molecule has 3 nitrogen and oxygen atoms in total. The number of fused-ring (bicyclic) bond motifs is 15. The summed E-state index contributed by atoms with van der Waals surface area (Å²) in [5.41, 5.74) is 27.1. The third-order valence-electron chi connectivity index (χ3n) is 17.7. The van der Waals surface area contributed by atoms with Crippen LogP contribution in [0, 0.1) is 0 Å². The summed E-state index contributed by atoms with van der Waals surface area (Å²) in [6.45, 7) is 0. The van der Waals surface area contributed by atoms with Crippen LogP contribution in [-0.4, -0.2) is 9.13 Å². The summed E-state index contributed by atoms with van der Waals surface area (Å²) in [4.78, 5) is 2.47. The van der Waals surface area contributed by atoms with E-state index in [4.69, 9.17) is 0 Å². The van der Waals surface area contributed by atoms with Gasteiger partial charge in [0, 0.05) is 38.6 Å². The molecule has 2 aliphatic rings. The summed E-state index contributed by atoms with van der Waals surface area (Å²) in [5.74, 6) is 0. The van der Waals surface area contributed by atoms with Crippen LogP contribution in [0.25, 0.3) is 111 Å². The highest BCUT2D eigenvalue weighted by molar-refractivity contribution is 6.12. The zero-order valence-electron chi connectivity index (χ0n) is 44.8. The molecule has 0 saturated heterocycles. The Bertz CT molecular complexity index is 4710. The molecule has 3 heteroatoms. The molecule has 13 aromatic carbocycles. The van der Waals surface area contributed by atoms with E-state index in [2.05, 4.69) is 323 Å². The first-order valence-corrected chi connectivity index (χ1v) is 28.4. The summed E-state index contributed by atoms with van der Waals surface area (Å²) in [6.07, 6.45) is 0. The number of nitrogens with zero attached hydrogens (tertiary/aromatic N) is 3. The molecule has 1 aliphatic heterocycles. The lowest BCUT2D eigenvalue weighted by Gasteiger charge is -2.45. The summed E-state index contributed by atoms with van der Waals surface area (Å²) >= 11 is 0. The van der Waals surface area contributed by atoms with E-state index in [1.54, 1.807) is 0 Å². The molecule has 1 spiro atoms. The van der Waals surface area contributed by atoms with Crippen molar-refractivity contribution >= 4 is 60.7 Å². The number of aromatic nitrogens is 2. The number of benzene rings is 13. The van der Waals surface area contributed by atoms with Crippen molar-refractivity contribution in [2.24, 2.45) is 0 Å². The lowest BCUT2D eigenvalue weighted by Crippen LogP contribution is -2.36. The number of anilines is 3. The fraction of sp³-hybridized carbons (Fsp3) is 0.0127. The molecule has 3 heterocycles. The summed E-state index contributed by atoms with van der Waals surface area (Å²) in [6, 6.07) is 115. The molecule has 0 fully saturated rings. The Labute approximate surface area is 476 Å². The highest BCUT2D eigenvalue weighted by Gasteiger charge is 2.52. The van der Waals surface area contributed by atoms with Crippen molar-refractivity contribution in [1.82, 2.24) is 9.13 Å². The standard InChI is InChI=1S/C79H51N3/c1-4-18-52(19-5-1)54-32-40-61(41-33-54)80-73-28-14-10-24-65(73)67-48-56(38-46-75(67)80)58-36-44-63-64-45-37-59(57-39-47-76-68(49-57)66-25-11-15-29-74(66)81(76)62-42-34-55(35-43-62)53-20-6-2-7-21-53)51-72(64)79(71(63)50-58)69-26-12-16-30-77(69)82(60-22-8-3-9-23-60)78-31-17-13-27-70(78)79/h1-51H.